The van der Waals surface area contributed by atoms with Crippen molar-refractivity contribution in [1.29, 1.82) is 0 Å². The van der Waals surface area contributed by atoms with Crippen LogP contribution in [0.2, 0.25) is 10.0 Å². The normalized spacial score (nSPS) is 15.3. The summed E-state index contributed by atoms with van der Waals surface area (Å²) in [5.74, 6) is -0.130. The number of carbonyl (C=O) groups is 1. The van der Waals surface area contributed by atoms with Crippen molar-refractivity contribution in [3.05, 3.63) is 69.1 Å². The lowest BCUT2D eigenvalue weighted by atomic mass is 10.2. The Hall–Kier alpha value is -1.97. The predicted octanol–water partition coefficient (Wildman–Crippen LogP) is 4.57. The van der Waals surface area contributed by atoms with Gasteiger partial charge in [-0.1, -0.05) is 53.5 Å². The highest BCUT2D eigenvalue weighted by molar-refractivity contribution is 7.89. The van der Waals surface area contributed by atoms with E-state index in [1.165, 1.54) is 27.8 Å². The monoisotopic (exact) mass is 495 g/mol. The van der Waals surface area contributed by atoms with E-state index in [2.05, 4.69) is 4.98 Å². The maximum Gasteiger partial charge on any atom is 0.265 e. The van der Waals surface area contributed by atoms with Gasteiger partial charge in [0.1, 0.15) is 14.8 Å². The van der Waals surface area contributed by atoms with Gasteiger partial charge in [-0.3, -0.25) is 4.79 Å². The number of hydrogen-bond acceptors (Lipinski definition) is 5. The molecule has 1 fully saturated rings. The van der Waals surface area contributed by atoms with Gasteiger partial charge in [-0.05, 0) is 25.1 Å². The summed E-state index contributed by atoms with van der Waals surface area (Å²) in [4.78, 5) is 19.8. The van der Waals surface area contributed by atoms with Crippen molar-refractivity contribution in [1.82, 2.24) is 14.2 Å². The van der Waals surface area contributed by atoms with Crippen molar-refractivity contribution >= 4 is 50.5 Å². The maximum atomic E-state index is 13.1. The van der Waals surface area contributed by atoms with Gasteiger partial charge in [0, 0.05) is 36.8 Å². The minimum Gasteiger partial charge on any atom is -0.335 e. The first kappa shape index (κ1) is 22.2. The highest BCUT2D eigenvalue weighted by atomic mass is 35.5. The fraction of sp³-hybridized carbons (Fsp3) is 0.238. The van der Waals surface area contributed by atoms with Gasteiger partial charge in [-0.25, -0.2) is 13.4 Å². The van der Waals surface area contributed by atoms with Gasteiger partial charge < -0.3 is 4.90 Å². The van der Waals surface area contributed by atoms with Crippen molar-refractivity contribution in [3.63, 3.8) is 0 Å². The summed E-state index contributed by atoms with van der Waals surface area (Å²) in [6.07, 6.45) is 0. The highest BCUT2D eigenvalue weighted by Gasteiger charge is 2.33. The Morgan fingerprint density at radius 2 is 1.71 bits per heavy atom. The Bertz CT molecular complexity index is 1220. The quantitative estimate of drug-likeness (QED) is 0.531. The number of amides is 1. The minimum absolute atomic E-state index is 0.0211. The van der Waals surface area contributed by atoms with E-state index in [9.17, 15) is 13.2 Å². The first-order chi connectivity index (χ1) is 14.8. The second-order valence-electron chi connectivity index (χ2n) is 7.07. The van der Waals surface area contributed by atoms with E-state index in [0.29, 0.717) is 15.6 Å². The second-order valence-corrected chi connectivity index (χ2v) is 10.8. The van der Waals surface area contributed by atoms with Crippen molar-refractivity contribution < 1.29 is 13.2 Å². The lowest BCUT2D eigenvalue weighted by Crippen LogP contribution is -2.50. The molecule has 1 aliphatic rings. The van der Waals surface area contributed by atoms with E-state index in [-0.39, 0.29) is 42.0 Å². The molecule has 2 aromatic carbocycles. The molecular formula is C21H19Cl2N3O3S2. The molecule has 0 aliphatic carbocycles. The van der Waals surface area contributed by atoms with Crippen molar-refractivity contribution in [2.75, 3.05) is 26.2 Å². The van der Waals surface area contributed by atoms with Crippen LogP contribution in [-0.4, -0.2) is 54.7 Å². The van der Waals surface area contributed by atoms with Gasteiger partial charge in [-0.15, -0.1) is 11.3 Å². The van der Waals surface area contributed by atoms with Crippen LogP contribution in [0.4, 0.5) is 0 Å². The zero-order valence-corrected chi connectivity index (χ0v) is 19.7. The number of sulfonamides is 1. The van der Waals surface area contributed by atoms with Crippen LogP contribution in [0.1, 0.15) is 15.4 Å². The standard InChI is InChI=1S/C21H19Cl2N3O3S2/c1-14-19(30-20(24-14)15-5-3-2-4-6-15)21(27)25-9-11-26(12-10-25)31(28,29)18-13-16(22)7-8-17(18)23/h2-8,13H,9-12H2,1H3. The van der Waals surface area contributed by atoms with E-state index < -0.39 is 10.0 Å². The number of aromatic nitrogens is 1. The fourth-order valence-electron chi connectivity index (χ4n) is 3.39. The van der Waals surface area contributed by atoms with Gasteiger partial charge in [0.05, 0.1) is 10.7 Å². The first-order valence-electron chi connectivity index (χ1n) is 9.54. The first-order valence-corrected chi connectivity index (χ1v) is 12.6. The summed E-state index contributed by atoms with van der Waals surface area (Å²) in [7, 11) is -3.80. The molecule has 6 nitrogen and oxygen atoms in total. The Labute approximate surface area is 195 Å². The Morgan fingerprint density at radius 3 is 2.39 bits per heavy atom. The number of piperazine rings is 1. The third kappa shape index (κ3) is 4.49. The Morgan fingerprint density at radius 1 is 1.03 bits per heavy atom. The van der Waals surface area contributed by atoms with E-state index in [0.717, 1.165) is 10.6 Å². The summed E-state index contributed by atoms with van der Waals surface area (Å²) in [6, 6.07) is 14.1. The molecule has 0 atom stereocenters. The van der Waals surface area contributed by atoms with Gasteiger partial charge in [-0.2, -0.15) is 4.31 Å². The Balaban J connectivity index is 1.48. The van der Waals surface area contributed by atoms with Crippen LogP contribution < -0.4 is 0 Å². The summed E-state index contributed by atoms with van der Waals surface area (Å²) >= 11 is 13.4. The smallest absolute Gasteiger partial charge is 0.265 e. The number of halogens is 2. The summed E-state index contributed by atoms with van der Waals surface area (Å²) in [5, 5.41) is 1.21. The molecule has 1 aromatic heterocycles. The molecule has 0 unspecified atom stereocenters. The van der Waals surface area contributed by atoms with Crippen LogP contribution in [0.15, 0.2) is 53.4 Å². The number of aryl methyl sites for hydroxylation is 1. The Kier molecular flexibility index (Phi) is 6.37. The minimum atomic E-state index is -3.80. The lowest BCUT2D eigenvalue weighted by Gasteiger charge is -2.34. The average Bonchev–Trinajstić information content (AvgIpc) is 3.17. The SMILES string of the molecule is Cc1nc(-c2ccccc2)sc1C(=O)N1CCN(S(=O)(=O)c2cc(Cl)ccc2Cl)CC1. The molecule has 0 N–H and O–H groups in total. The number of hydrogen-bond donors (Lipinski definition) is 0. The van der Waals surface area contributed by atoms with Gasteiger partial charge in [0.2, 0.25) is 10.0 Å². The zero-order chi connectivity index (χ0) is 22.2. The molecular weight excluding hydrogens is 477 g/mol. The largest absolute Gasteiger partial charge is 0.335 e. The van der Waals surface area contributed by atoms with Crippen LogP contribution in [0.3, 0.4) is 0 Å². The topological polar surface area (TPSA) is 70.6 Å². The molecule has 4 rings (SSSR count). The third-order valence-electron chi connectivity index (χ3n) is 5.05. The van der Waals surface area contributed by atoms with Crippen LogP contribution >= 0.6 is 34.5 Å². The van der Waals surface area contributed by atoms with Crippen LogP contribution in [0.5, 0.6) is 0 Å². The fourth-order valence-corrected chi connectivity index (χ4v) is 6.59. The summed E-state index contributed by atoms with van der Waals surface area (Å²) in [5.41, 5.74) is 1.64. The molecule has 31 heavy (non-hydrogen) atoms. The molecule has 0 saturated carbocycles. The van der Waals surface area contributed by atoms with E-state index in [4.69, 9.17) is 23.2 Å². The number of thiazole rings is 1. The molecule has 162 valence electrons. The molecule has 1 aliphatic heterocycles. The van der Waals surface area contributed by atoms with Gasteiger partial charge in [0.15, 0.2) is 0 Å². The summed E-state index contributed by atoms with van der Waals surface area (Å²) < 4.78 is 27.3. The highest BCUT2D eigenvalue weighted by Crippen LogP contribution is 2.30. The molecule has 0 spiro atoms. The van der Waals surface area contributed by atoms with Gasteiger partial charge in [0.25, 0.3) is 5.91 Å². The molecule has 0 bridgehead atoms. The molecule has 1 saturated heterocycles. The third-order valence-corrected chi connectivity index (χ3v) is 8.86. The van der Waals surface area contributed by atoms with Crippen molar-refractivity contribution in [2.45, 2.75) is 11.8 Å². The number of carbonyl (C=O) groups excluding carboxylic acids is 1. The van der Waals surface area contributed by atoms with Crippen LogP contribution in [0.25, 0.3) is 10.6 Å². The predicted molar refractivity (Wildman–Crippen MR) is 123 cm³/mol. The van der Waals surface area contributed by atoms with E-state index in [1.807, 2.05) is 37.3 Å². The van der Waals surface area contributed by atoms with Gasteiger partial charge >= 0.3 is 0 Å². The van der Waals surface area contributed by atoms with E-state index >= 15 is 0 Å². The second kappa shape index (κ2) is 8.88. The van der Waals surface area contributed by atoms with Crippen molar-refractivity contribution in [2.24, 2.45) is 0 Å². The molecule has 1 amide bonds. The van der Waals surface area contributed by atoms with E-state index in [1.54, 1.807) is 11.0 Å². The lowest BCUT2D eigenvalue weighted by molar-refractivity contribution is 0.0702. The van der Waals surface area contributed by atoms with Crippen LogP contribution in [-0.2, 0) is 10.0 Å². The molecule has 2 heterocycles. The maximum absolute atomic E-state index is 13.1. The average molecular weight is 496 g/mol. The molecule has 0 radical (unpaired) electrons. The number of nitrogens with zero attached hydrogens (tertiary/aromatic N) is 3. The van der Waals surface area contributed by atoms with Crippen LogP contribution in [0, 0.1) is 6.92 Å². The van der Waals surface area contributed by atoms with Crippen molar-refractivity contribution in [3.8, 4) is 10.6 Å². The number of benzene rings is 2. The zero-order valence-electron chi connectivity index (χ0n) is 16.6. The summed E-state index contributed by atoms with van der Waals surface area (Å²) in [6.45, 7) is 2.75. The molecule has 3 aromatic rings. The number of rotatable bonds is 4. The molecule has 10 heteroatoms.